The average Bonchev–Trinajstić information content (AvgIpc) is 3.08. The number of amides is 2. The largest absolute Gasteiger partial charge is 0.300 e. The SMILES string of the molecule is CCCC(=O)CCCN1C(=O)[C@@H]2[C@H](C1=O)[C@H]1C=C[C@@H]2C1. The summed E-state index contributed by atoms with van der Waals surface area (Å²) in [6.45, 7) is 2.40. The summed E-state index contributed by atoms with van der Waals surface area (Å²) in [6.07, 6.45) is 7.72. The molecule has 0 N–H and O–H groups in total. The highest BCUT2D eigenvalue weighted by Crippen LogP contribution is 2.52. The molecule has 4 nitrogen and oxygen atoms in total. The molecule has 1 aliphatic heterocycles. The first-order valence-electron chi connectivity index (χ1n) is 7.68. The number of imide groups is 1. The number of Topliss-reactive ketones (excluding diaryl/α,β-unsaturated/α-hetero) is 1. The number of hydrogen-bond acceptors (Lipinski definition) is 3. The Bertz CT molecular complexity index is 452. The Labute approximate surface area is 119 Å². The second kappa shape index (κ2) is 5.15. The number of fused-ring (bicyclic) bond motifs is 5. The molecular formula is C16H21NO3. The van der Waals surface area contributed by atoms with Crippen molar-refractivity contribution in [1.82, 2.24) is 4.90 Å². The molecule has 3 aliphatic rings. The minimum absolute atomic E-state index is 0.000194. The molecule has 0 aromatic rings. The van der Waals surface area contributed by atoms with Crippen LogP contribution in [-0.2, 0) is 14.4 Å². The molecule has 4 atom stereocenters. The van der Waals surface area contributed by atoms with Crippen LogP contribution in [0.4, 0.5) is 0 Å². The lowest BCUT2D eigenvalue weighted by Gasteiger charge is -2.16. The van der Waals surface area contributed by atoms with Crippen molar-refractivity contribution in [3.05, 3.63) is 12.2 Å². The van der Waals surface area contributed by atoms with Gasteiger partial charge in [-0.3, -0.25) is 19.3 Å². The van der Waals surface area contributed by atoms with Crippen LogP contribution in [0.2, 0.25) is 0 Å². The number of hydrogen-bond donors (Lipinski definition) is 0. The Kier molecular flexibility index (Phi) is 3.48. The Balaban J connectivity index is 1.58. The van der Waals surface area contributed by atoms with E-state index < -0.39 is 0 Å². The normalized spacial score (nSPS) is 34.1. The molecule has 108 valence electrons. The number of carbonyl (C=O) groups is 3. The summed E-state index contributed by atoms with van der Waals surface area (Å²) in [5.74, 6) is 0.558. The maximum Gasteiger partial charge on any atom is 0.233 e. The Morgan fingerprint density at radius 1 is 1.15 bits per heavy atom. The van der Waals surface area contributed by atoms with Crippen LogP contribution in [0.3, 0.4) is 0 Å². The first-order chi connectivity index (χ1) is 9.63. The van der Waals surface area contributed by atoms with Crippen LogP contribution in [0, 0.1) is 23.7 Å². The van der Waals surface area contributed by atoms with Gasteiger partial charge in [-0.15, -0.1) is 0 Å². The number of allylic oxidation sites excluding steroid dienone is 2. The van der Waals surface area contributed by atoms with Gasteiger partial charge in [-0.05, 0) is 31.1 Å². The number of carbonyl (C=O) groups excluding carboxylic acids is 3. The number of ketones is 1. The fourth-order valence-electron chi connectivity index (χ4n) is 4.02. The number of rotatable bonds is 6. The predicted molar refractivity (Wildman–Crippen MR) is 73.6 cm³/mol. The van der Waals surface area contributed by atoms with Gasteiger partial charge < -0.3 is 0 Å². The van der Waals surface area contributed by atoms with Gasteiger partial charge >= 0.3 is 0 Å². The molecule has 0 aromatic carbocycles. The average molecular weight is 275 g/mol. The standard InChI is InChI=1S/C16H21NO3/c1-2-4-12(18)5-3-8-17-15(19)13-10-6-7-11(9-10)14(13)16(17)20/h6-7,10-11,13-14H,2-5,8-9H2,1H3/t10-,11+,13+,14-. The summed E-state index contributed by atoms with van der Waals surface area (Å²) < 4.78 is 0. The van der Waals surface area contributed by atoms with E-state index in [1.165, 1.54) is 4.90 Å². The molecule has 0 aromatic heterocycles. The summed E-state index contributed by atoms with van der Waals surface area (Å²) >= 11 is 0. The monoisotopic (exact) mass is 275 g/mol. The lowest BCUT2D eigenvalue weighted by atomic mass is 9.85. The fraction of sp³-hybridized carbons (Fsp3) is 0.688. The molecule has 4 heteroatoms. The van der Waals surface area contributed by atoms with Crippen molar-refractivity contribution in [2.75, 3.05) is 6.54 Å². The van der Waals surface area contributed by atoms with E-state index in [0.29, 0.717) is 25.8 Å². The topological polar surface area (TPSA) is 54.5 Å². The van der Waals surface area contributed by atoms with Crippen LogP contribution < -0.4 is 0 Å². The van der Waals surface area contributed by atoms with Gasteiger partial charge in [-0.2, -0.15) is 0 Å². The van der Waals surface area contributed by atoms with Crippen molar-refractivity contribution in [2.45, 2.75) is 39.0 Å². The summed E-state index contributed by atoms with van der Waals surface area (Å²) in [6, 6.07) is 0. The first-order valence-corrected chi connectivity index (χ1v) is 7.68. The Morgan fingerprint density at radius 3 is 2.30 bits per heavy atom. The van der Waals surface area contributed by atoms with E-state index >= 15 is 0 Å². The minimum Gasteiger partial charge on any atom is -0.300 e. The lowest BCUT2D eigenvalue weighted by Crippen LogP contribution is -2.34. The molecule has 0 spiro atoms. The second-order valence-electron chi connectivity index (χ2n) is 6.22. The molecule has 1 heterocycles. The first kappa shape index (κ1) is 13.5. The Hall–Kier alpha value is -1.45. The molecule has 2 fully saturated rings. The lowest BCUT2D eigenvalue weighted by molar-refractivity contribution is -0.141. The molecular weight excluding hydrogens is 254 g/mol. The van der Waals surface area contributed by atoms with Gasteiger partial charge in [0, 0.05) is 19.4 Å². The van der Waals surface area contributed by atoms with Crippen molar-refractivity contribution in [1.29, 1.82) is 0 Å². The molecule has 0 radical (unpaired) electrons. The zero-order chi connectivity index (χ0) is 14.3. The van der Waals surface area contributed by atoms with Gasteiger partial charge in [-0.1, -0.05) is 19.1 Å². The van der Waals surface area contributed by atoms with Crippen LogP contribution >= 0.6 is 0 Å². The van der Waals surface area contributed by atoms with E-state index in [2.05, 4.69) is 12.2 Å². The van der Waals surface area contributed by atoms with Gasteiger partial charge in [0.25, 0.3) is 0 Å². The molecule has 2 bridgehead atoms. The third kappa shape index (κ3) is 2.02. The van der Waals surface area contributed by atoms with Crippen molar-refractivity contribution in [3.8, 4) is 0 Å². The maximum atomic E-state index is 12.4. The molecule has 20 heavy (non-hydrogen) atoms. The molecule has 1 saturated heterocycles. The summed E-state index contributed by atoms with van der Waals surface area (Å²) in [4.78, 5) is 37.7. The number of likely N-dealkylation sites (tertiary alicyclic amines) is 1. The van der Waals surface area contributed by atoms with Gasteiger partial charge in [-0.25, -0.2) is 0 Å². The predicted octanol–water partition coefficient (Wildman–Crippen LogP) is 1.94. The van der Waals surface area contributed by atoms with Crippen LogP contribution in [0.15, 0.2) is 12.2 Å². The van der Waals surface area contributed by atoms with E-state index in [9.17, 15) is 14.4 Å². The molecule has 1 saturated carbocycles. The highest BCUT2D eigenvalue weighted by molar-refractivity contribution is 6.06. The molecule has 0 unspecified atom stereocenters. The number of nitrogens with zero attached hydrogens (tertiary/aromatic N) is 1. The van der Waals surface area contributed by atoms with Crippen LogP contribution in [-0.4, -0.2) is 29.0 Å². The Morgan fingerprint density at radius 2 is 1.75 bits per heavy atom. The van der Waals surface area contributed by atoms with Crippen molar-refractivity contribution < 1.29 is 14.4 Å². The van der Waals surface area contributed by atoms with Gasteiger partial charge in [0.05, 0.1) is 11.8 Å². The zero-order valence-corrected chi connectivity index (χ0v) is 11.9. The smallest absolute Gasteiger partial charge is 0.233 e. The quantitative estimate of drug-likeness (QED) is 0.550. The van der Waals surface area contributed by atoms with Gasteiger partial charge in [0.1, 0.15) is 5.78 Å². The maximum absolute atomic E-state index is 12.4. The van der Waals surface area contributed by atoms with Crippen molar-refractivity contribution in [2.24, 2.45) is 23.7 Å². The third-order valence-corrected chi connectivity index (χ3v) is 4.93. The van der Waals surface area contributed by atoms with E-state index in [1.807, 2.05) is 6.92 Å². The summed E-state index contributed by atoms with van der Waals surface area (Å²) in [7, 11) is 0. The molecule has 3 rings (SSSR count). The second-order valence-corrected chi connectivity index (χ2v) is 6.22. The summed E-state index contributed by atoms with van der Waals surface area (Å²) in [5.41, 5.74) is 0. The summed E-state index contributed by atoms with van der Waals surface area (Å²) in [5, 5.41) is 0. The fourth-order valence-corrected chi connectivity index (χ4v) is 4.02. The third-order valence-electron chi connectivity index (χ3n) is 4.93. The highest BCUT2D eigenvalue weighted by atomic mass is 16.2. The van der Waals surface area contributed by atoms with Gasteiger partial charge in [0.15, 0.2) is 0 Å². The van der Waals surface area contributed by atoms with E-state index in [1.54, 1.807) is 0 Å². The van der Waals surface area contributed by atoms with Crippen LogP contribution in [0.25, 0.3) is 0 Å². The minimum atomic E-state index is -0.108. The van der Waals surface area contributed by atoms with Gasteiger partial charge in [0.2, 0.25) is 11.8 Å². The van der Waals surface area contributed by atoms with Crippen LogP contribution in [0.5, 0.6) is 0 Å². The van der Waals surface area contributed by atoms with E-state index in [-0.39, 0.29) is 41.3 Å². The van der Waals surface area contributed by atoms with Crippen molar-refractivity contribution in [3.63, 3.8) is 0 Å². The van der Waals surface area contributed by atoms with E-state index in [0.717, 1.165) is 12.8 Å². The van der Waals surface area contributed by atoms with Crippen LogP contribution in [0.1, 0.15) is 39.0 Å². The van der Waals surface area contributed by atoms with E-state index in [4.69, 9.17) is 0 Å². The highest BCUT2D eigenvalue weighted by Gasteiger charge is 2.58. The molecule has 2 aliphatic carbocycles. The van der Waals surface area contributed by atoms with Crippen molar-refractivity contribution >= 4 is 17.6 Å². The molecule has 2 amide bonds. The zero-order valence-electron chi connectivity index (χ0n) is 11.9.